The number of nitrogens with two attached hydrogens (primary N) is 1. The Bertz CT molecular complexity index is 566. The van der Waals surface area contributed by atoms with Gasteiger partial charge in [-0.1, -0.05) is 26.8 Å². The Kier molecular flexibility index (Phi) is 5.05. The first kappa shape index (κ1) is 16.8. The smallest absolute Gasteiger partial charge is 0.244 e. The van der Waals surface area contributed by atoms with Gasteiger partial charge in [0.1, 0.15) is 4.90 Å². The Balaban J connectivity index is 3.09. The second-order valence-corrected chi connectivity index (χ2v) is 8.00. The number of rotatable bonds is 6. The maximum atomic E-state index is 12.2. The van der Waals surface area contributed by atoms with E-state index in [1.54, 1.807) is 12.1 Å². The number of nitrogens with zero attached hydrogens (tertiary/aromatic N) is 1. The third-order valence-corrected chi connectivity index (χ3v) is 5.41. The molecule has 0 bridgehead atoms. The highest BCUT2D eigenvalue weighted by Gasteiger charge is 2.22. The van der Waals surface area contributed by atoms with Crippen LogP contribution >= 0.6 is 0 Å². The van der Waals surface area contributed by atoms with Crippen LogP contribution in [0.5, 0.6) is 0 Å². The summed E-state index contributed by atoms with van der Waals surface area (Å²) in [5, 5.41) is 3.25. The van der Waals surface area contributed by atoms with Crippen LogP contribution in [0.25, 0.3) is 0 Å². The van der Waals surface area contributed by atoms with Crippen LogP contribution < -0.4 is 11.1 Å². The quantitative estimate of drug-likeness (QED) is 0.791. The van der Waals surface area contributed by atoms with Crippen molar-refractivity contribution in [2.24, 2.45) is 5.41 Å². The fraction of sp³-hybridized carbons (Fsp3) is 0.571. The molecule has 0 heterocycles. The summed E-state index contributed by atoms with van der Waals surface area (Å²) < 4.78 is 25.5. The molecule has 3 N–H and O–H groups in total. The topological polar surface area (TPSA) is 75.4 Å². The second kappa shape index (κ2) is 6.01. The molecule has 20 heavy (non-hydrogen) atoms. The molecular weight excluding hydrogens is 274 g/mol. The summed E-state index contributed by atoms with van der Waals surface area (Å²) >= 11 is 0. The lowest BCUT2D eigenvalue weighted by molar-refractivity contribution is 0.377. The molecule has 0 atom stereocenters. The molecule has 0 spiro atoms. The summed E-state index contributed by atoms with van der Waals surface area (Å²) in [6.07, 6.45) is 1.02. The predicted octanol–water partition coefficient (Wildman–Crippen LogP) is 2.37. The van der Waals surface area contributed by atoms with Gasteiger partial charge in [-0.25, -0.2) is 12.7 Å². The van der Waals surface area contributed by atoms with Crippen molar-refractivity contribution in [3.8, 4) is 0 Å². The maximum absolute atomic E-state index is 12.2. The number of nitrogens with one attached hydrogen (secondary N) is 1. The zero-order valence-electron chi connectivity index (χ0n) is 12.9. The lowest BCUT2D eigenvalue weighted by atomic mass is 9.90. The van der Waals surface area contributed by atoms with Gasteiger partial charge < -0.3 is 11.1 Å². The summed E-state index contributed by atoms with van der Waals surface area (Å²) in [5.74, 6) is 0. The van der Waals surface area contributed by atoms with Crippen LogP contribution in [0.3, 0.4) is 0 Å². The monoisotopic (exact) mass is 299 g/mol. The predicted molar refractivity (Wildman–Crippen MR) is 84.3 cm³/mol. The van der Waals surface area contributed by atoms with Crippen molar-refractivity contribution in [2.45, 2.75) is 32.1 Å². The van der Waals surface area contributed by atoms with Gasteiger partial charge >= 0.3 is 0 Å². The largest absolute Gasteiger partial charge is 0.396 e. The van der Waals surface area contributed by atoms with Crippen molar-refractivity contribution in [1.82, 2.24) is 4.31 Å². The Morgan fingerprint density at radius 1 is 1.30 bits per heavy atom. The minimum absolute atomic E-state index is 0.128. The van der Waals surface area contributed by atoms with E-state index in [0.29, 0.717) is 5.69 Å². The number of hydrogen-bond donors (Lipinski definition) is 2. The zero-order valence-corrected chi connectivity index (χ0v) is 13.7. The van der Waals surface area contributed by atoms with E-state index in [1.807, 2.05) is 0 Å². The molecule has 0 saturated carbocycles. The zero-order chi connectivity index (χ0) is 15.6. The molecule has 0 aromatic heterocycles. The molecule has 0 aliphatic heterocycles. The average Bonchev–Trinajstić information content (AvgIpc) is 2.37. The Labute approximate surface area is 122 Å². The van der Waals surface area contributed by atoms with Crippen molar-refractivity contribution < 1.29 is 8.42 Å². The molecule has 6 heteroatoms. The van der Waals surface area contributed by atoms with Crippen LogP contribution in [0.15, 0.2) is 23.1 Å². The van der Waals surface area contributed by atoms with Gasteiger partial charge in [0.05, 0.1) is 11.4 Å². The minimum Gasteiger partial charge on any atom is -0.396 e. The van der Waals surface area contributed by atoms with E-state index in [2.05, 4.69) is 26.1 Å². The van der Waals surface area contributed by atoms with Crippen LogP contribution in [0.4, 0.5) is 11.4 Å². The van der Waals surface area contributed by atoms with E-state index in [-0.39, 0.29) is 16.0 Å². The molecule has 0 aliphatic rings. The van der Waals surface area contributed by atoms with Crippen LogP contribution in [-0.4, -0.2) is 33.4 Å². The number of para-hydroxylation sites is 1. The summed E-state index contributed by atoms with van der Waals surface area (Å²) in [6.45, 7) is 7.16. The Hall–Kier alpha value is -1.27. The standard InChI is InChI=1S/C14H25N3O2S/c1-6-14(2,3)10-16-11-8-7-9-12(13(11)15)20(18,19)17(4)5/h7-9,16H,6,10,15H2,1-5H3. The first-order valence-corrected chi connectivity index (χ1v) is 8.10. The van der Waals surface area contributed by atoms with Crippen molar-refractivity contribution >= 4 is 21.4 Å². The molecule has 0 unspecified atom stereocenters. The van der Waals surface area contributed by atoms with Crippen molar-refractivity contribution in [1.29, 1.82) is 0 Å². The average molecular weight is 299 g/mol. The van der Waals surface area contributed by atoms with Crippen LogP contribution in [-0.2, 0) is 10.0 Å². The van der Waals surface area contributed by atoms with Crippen LogP contribution in [0.1, 0.15) is 27.2 Å². The summed E-state index contributed by atoms with van der Waals surface area (Å²) in [4.78, 5) is 0.141. The van der Waals surface area contributed by atoms with Crippen molar-refractivity contribution in [3.05, 3.63) is 18.2 Å². The number of hydrogen-bond acceptors (Lipinski definition) is 4. The molecular formula is C14H25N3O2S. The van der Waals surface area contributed by atoms with Gasteiger partial charge in [0.15, 0.2) is 0 Å². The normalized spacial score (nSPS) is 12.7. The van der Waals surface area contributed by atoms with E-state index in [0.717, 1.165) is 13.0 Å². The second-order valence-electron chi connectivity index (χ2n) is 5.88. The first-order chi connectivity index (χ1) is 9.12. The SMILES string of the molecule is CCC(C)(C)CNc1cccc(S(=O)(=O)N(C)C)c1N. The Morgan fingerprint density at radius 2 is 1.90 bits per heavy atom. The number of sulfonamides is 1. The Morgan fingerprint density at radius 3 is 2.40 bits per heavy atom. The minimum atomic E-state index is -3.52. The summed E-state index contributed by atoms with van der Waals surface area (Å²) in [7, 11) is -0.531. The van der Waals surface area contributed by atoms with Crippen molar-refractivity contribution in [3.63, 3.8) is 0 Å². The molecule has 0 saturated heterocycles. The molecule has 5 nitrogen and oxygen atoms in total. The highest BCUT2D eigenvalue weighted by Crippen LogP contribution is 2.29. The first-order valence-electron chi connectivity index (χ1n) is 6.66. The number of nitrogen functional groups attached to an aromatic ring is 1. The van der Waals surface area contributed by atoms with Gasteiger partial charge in [-0.15, -0.1) is 0 Å². The molecule has 1 aromatic carbocycles. The van der Waals surface area contributed by atoms with Gasteiger partial charge in [0, 0.05) is 20.6 Å². The molecule has 1 rings (SSSR count). The summed E-state index contributed by atoms with van der Waals surface area (Å²) in [5.41, 5.74) is 7.07. The molecule has 0 fully saturated rings. The lowest BCUT2D eigenvalue weighted by Crippen LogP contribution is -2.25. The van der Waals surface area contributed by atoms with Gasteiger partial charge in [0.25, 0.3) is 0 Å². The van der Waals surface area contributed by atoms with Crippen LogP contribution in [0, 0.1) is 5.41 Å². The number of anilines is 2. The third kappa shape index (κ3) is 3.64. The van der Waals surface area contributed by atoms with E-state index in [4.69, 9.17) is 5.73 Å². The third-order valence-electron chi connectivity index (χ3n) is 3.54. The molecule has 1 aromatic rings. The van der Waals surface area contributed by atoms with Gasteiger partial charge in [-0.3, -0.25) is 0 Å². The van der Waals surface area contributed by atoms with Crippen molar-refractivity contribution in [2.75, 3.05) is 31.7 Å². The fourth-order valence-corrected chi connectivity index (χ4v) is 2.61. The van der Waals surface area contributed by atoms with Gasteiger partial charge in [-0.2, -0.15) is 0 Å². The van der Waals surface area contributed by atoms with Gasteiger partial charge in [-0.05, 0) is 24.0 Å². The van der Waals surface area contributed by atoms with E-state index < -0.39 is 10.0 Å². The highest BCUT2D eigenvalue weighted by atomic mass is 32.2. The van der Waals surface area contributed by atoms with Crippen LogP contribution in [0.2, 0.25) is 0 Å². The molecule has 0 aliphatic carbocycles. The summed E-state index contributed by atoms with van der Waals surface area (Å²) in [6, 6.07) is 5.03. The highest BCUT2D eigenvalue weighted by molar-refractivity contribution is 7.89. The number of benzene rings is 1. The molecule has 0 radical (unpaired) electrons. The van der Waals surface area contributed by atoms with E-state index in [1.165, 1.54) is 24.5 Å². The van der Waals surface area contributed by atoms with E-state index >= 15 is 0 Å². The fourth-order valence-electron chi connectivity index (χ4n) is 1.58. The molecule has 0 amide bonds. The lowest BCUT2D eigenvalue weighted by Gasteiger charge is -2.24. The van der Waals surface area contributed by atoms with Gasteiger partial charge in [0.2, 0.25) is 10.0 Å². The maximum Gasteiger partial charge on any atom is 0.244 e. The molecule has 114 valence electrons. The van der Waals surface area contributed by atoms with E-state index in [9.17, 15) is 8.42 Å².